The Kier molecular flexibility index (Phi) is 4.84. The predicted octanol–water partition coefficient (Wildman–Crippen LogP) is 3.73. The van der Waals surface area contributed by atoms with E-state index in [1.807, 2.05) is 6.07 Å². The molecule has 0 radical (unpaired) electrons. The minimum absolute atomic E-state index is 0.0135. The van der Waals surface area contributed by atoms with Crippen molar-refractivity contribution in [2.24, 2.45) is 0 Å². The molecule has 0 fully saturated rings. The minimum atomic E-state index is -0.837. The fourth-order valence-corrected chi connectivity index (χ4v) is 2.52. The summed E-state index contributed by atoms with van der Waals surface area (Å²) < 4.78 is 23.4. The van der Waals surface area contributed by atoms with Gasteiger partial charge in [-0.15, -0.1) is 0 Å². The number of benzene rings is 3. The number of ether oxygens (including phenoxy) is 2. The third kappa shape index (κ3) is 3.49. The normalized spacial score (nSPS) is 10.5. The maximum atomic E-state index is 13.7. The number of esters is 1. The molecule has 0 heterocycles. The number of carbonyl (C=O) groups is 2. The molecule has 3 rings (SSSR count). The van der Waals surface area contributed by atoms with Gasteiger partial charge in [-0.3, -0.25) is 4.79 Å². The van der Waals surface area contributed by atoms with Crippen molar-refractivity contribution in [3.05, 3.63) is 71.5 Å². The van der Waals surface area contributed by atoms with Crippen molar-refractivity contribution in [3.8, 4) is 11.5 Å². The first-order valence-electron chi connectivity index (χ1n) is 7.75. The lowest BCUT2D eigenvalue weighted by Crippen LogP contribution is -2.14. The second-order valence-corrected chi connectivity index (χ2v) is 5.57. The Morgan fingerprint density at radius 2 is 1.73 bits per heavy atom. The van der Waals surface area contributed by atoms with Crippen LogP contribution in [0.1, 0.15) is 20.7 Å². The summed E-state index contributed by atoms with van der Waals surface area (Å²) in [5.74, 6) is -2.32. The first-order chi connectivity index (χ1) is 12.5. The summed E-state index contributed by atoms with van der Waals surface area (Å²) in [6, 6.07) is 13.9. The Morgan fingerprint density at radius 3 is 2.38 bits per heavy atom. The van der Waals surface area contributed by atoms with Gasteiger partial charge in [0, 0.05) is 5.56 Å². The van der Waals surface area contributed by atoms with Gasteiger partial charge in [-0.05, 0) is 41.1 Å². The molecule has 6 heteroatoms. The summed E-state index contributed by atoms with van der Waals surface area (Å²) in [5, 5.41) is 11.5. The number of halogens is 1. The van der Waals surface area contributed by atoms with Gasteiger partial charge in [-0.25, -0.2) is 9.18 Å². The largest absolute Gasteiger partial charge is 0.507 e. The molecule has 3 aromatic rings. The fourth-order valence-electron chi connectivity index (χ4n) is 2.52. The summed E-state index contributed by atoms with van der Waals surface area (Å²) in [7, 11) is 1.32. The zero-order valence-corrected chi connectivity index (χ0v) is 13.9. The molecular formula is C20H15FO5. The lowest BCUT2D eigenvalue weighted by molar-refractivity contribution is 0.0472. The highest BCUT2D eigenvalue weighted by atomic mass is 19.1. The molecule has 0 aromatic heterocycles. The number of hydrogen-bond donors (Lipinski definition) is 1. The molecule has 0 bridgehead atoms. The SMILES string of the molecule is COc1ccc(C(=O)COC(=O)c2cc3ccccc3cc2O)cc1F. The monoisotopic (exact) mass is 354 g/mol. The van der Waals surface area contributed by atoms with Gasteiger partial charge >= 0.3 is 5.97 Å². The van der Waals surface area contributed by atoms with E-state index in [-0.39, 0.29) is 22.6 Å². The third-order valence-electron chi connectivity index (χ3n) is 3.89. The van der Waals surface area contributed by atoms with E-state index in [0.29, 0.717) is 0 Å². The van der Waals surface area contributed by atoms with Crippen molar-refractivity contribution in [1.29, 1.82) is 0 Å². The first kappa shape index (κ1) is 17.4. The molecular weight excluding hydrogens is 339 g/mol. The molecule has 26 heavy (non-hydrogen) atoms. The van der Waals surface area contributed by atoms with Crippen LogP contribution in [0.2, 0.25) is 0 Å². The van der Waals surface area contributed by atoms with E-state index in [1.165, 1.54) is 31.4 Å². The Balaban J connectivity index is 1.73. The van der Waals surface area contributed by atoms with E-state index in [4.69, 9.17) is 9.47 Å². The van der Waals surface area contributed by atoms with Crippen molar-refractivity contribution in [1.82, 2.24) is 0 Å². The van der Waals surface area contributed by atoms with E-state index in [9.17, 15) is 19.1 Å². The lowest BCUT2D eigenvalue weighted by atomic mass is 10.1. The molecule has 0 saturated heterocycles. The van der Waals surface area contributed by atoms with Gasteiger partial charge in [0.15, 0.2) is 24.0 Å². The van der Waals surface area contributed by atoms with Crippen LogP contribution in [0.15, 0.2) is 54.6 Å². The number of fused-ring (bicyclic) bond motifs is 1. The van der Waals surface area contributed by atoms with Crippen LogP contribution in [0.4, 0.5) is 4.39 Å². The molecule has 0 unspecified atom stereocenters. The van der Waals surface area contributed by atoms with Crippen molar-refractivity contribution in [2.45, 2.75) is 0 Å². The highest BCUT2D eigenvalue weighted by Gasteiger charge is 2.17. The number of hydrogen-bond acceptors (Lipinski definition) is 5. The summed E-state index contributed by atoms with van der Waals surface area (Å²) >= 11 is 0. The average molecular weight is 354 g/mol. The van der Waals surface area contributed by atoms with Gasteiger partial charge in [-0.2, -0.15) is 0 Å². The Hall–Kier alpha value is -3.41. The van der Waals surface area contributed by atoms with Crippen LogP contribution in [0.5, 0.6) is 11.5 Å². The number of Topliss-reactive ketones (excluding diaryl/α,β-unsaturated/α-hetero) is 1. The van der Waals surface area contributed by atoms with E-state index >= 15 is 0 Å². The average Bonchev–Trinajstić information content (AvgIpc) is 2.65. The van der Waals surface area contributed by atoms with E-state index in [0.717, 1.165) is 16.8 Å². The standard InChI is InChI=1S/C20H15FO5/c1-25-19-7-6-14(9-16(19)21)18(23)11-26-20(24)15-8-12-4-2-3-5-13(12)10-17(15)22/h2-10,22H,11H2,1H3. The molecule has 0 amide bonds. The molecule has 0 spiro atoms. The number of ketones is 1. The Labute approximate surface area is 148 Å². The first-order valence-corrected chi connectivity index (χ1v) is 7.75. The van der Waals surface area contributed by atoms with Crippen molar-refractivity contribution < 1.29 is 28.6 Å². The Bertz CT molecular complexity index is 997. The number of methoxy groups -OCH3 is 1. The van der Waals surface area contributed by atoms with Crippen molar-refractivity contribution >= 4 is 22.5 Å². The van der Waals surface area contributed by atoms with Gasteiger partial charge in [0.1, 0.15) is 11.3 Å². The summed E-state index contributed by atoms with van der Waals surface area (Å²) in [5.41, 5.74) is 0.0104. The summed E-state index contributed by atoms with van der Waals surface area (Å²) in [6.07, 6.45) is 0. The van der Waals surface area contributed by atoms with E-state index < -0.39 is 24.2 Å². The third-order valence-corrected chi connectivity index (χ3v) is 3.89. The number of phenols is 1. The van der Waals surface area contributed by atoms with Crippen LogP contribution in [-0.4, -0.2) is 30.6 Å². The molecule has 0 aliphatic heterocycles. The molecule has 0 atom stereocenters. The van der Waals surface area contributed by atoms with Gasteiger partial charge in [0.25, 0.3) is 0 Å². The van der Waals surface area contributed by atoms with Crippen LogP contribution in [0.25, 0.3) is 10.8 Å². The quantitative estimate of drug-likeness (QED) is 0.558. The Morgan fingerprint density at radius 1 is 1.04 bits per heavy atom. The van der Waals surface area contributed by atoms with Crippen LogP contribution in [-0.2, 0) is 4.74 Å². The van der Waals surface area contributed by atoms with Crippen molar-refractivity contribution in [2.75, 3.05) is 13.7 Å². The fraction of sp³-hybridized carbons (Fsp3) is 0.100. The van der Waals surface area contributed by atoms with Crippen LogP contribution in [0.3, 0.4) is 0 Å². The van der Waals surface area contributed by atoms with Gasteiger partial charge in [0.2, 0.25) is 0 Å². The lowest BCUT2D eigenvalue weighted by Gasteiger charge is -2.08. The highest BCUT2D eigenvalue weighted by Crippen LogP contribution is 2.25. The minimum Gasteiger partial charge on any atom is -0.507 e. The summed E-state index contributed by atoms with van der Waals surface area (Å²) in [6.45, 7) is -0.573. The van der Waals surface area contributed by atoms with Gasteiger partial charge in [-0.1, -0.05) is 24.3 Å². The zero-order valence-electron chi connectivity index (χ0n) is 13.9. The van der Waals surface area contributed by atoms with E-state index in [1.54, 1.807) is 18.2 Å². The van der Waals surface area contributed by atoms with Crippen LogP contribution >= 0.6 is 0 Å². The molecule has 0 saturated carbocycles. The number of carbonyl (C=O) groups excluding carboxylic acids is 2. The van der Waals surface area contributed by atoms with Crippen LogP contribution < -0.4 is 4.74 Å². The molecule has 3 aromatic carbocycles. The molecule has 0 aliphatic rings. The van der Waals surface area contributed by atoms with Crippen molar-refractivity contribution in [3.63, 3.8) is 0 Å². The second-order valence-electron chi connectivity index (χ2n) is 5.57. The van der Waals surface area contributed by atoms with E-state index in [2.05, 4.69) is 0 Å². The maximum absolute atomic E-state index is 13.7. The highest BCUT2D eigenvalue weighted by molar-refractivity contribution is 6.01. The topological polar surface area (TPSA) is 72.8 Å². The number of rotatable bonds is 5. The predicted molar refractivity (Wildman–Crippen MR) is 93.2 cm³/mol. The smallest absolute Gasteiger partial charge is 0.342 e. The number of phenolic OH excluding ortho intramolecular Hbond substituents is 1. The van der Waals surface area contributed by atoms with Crippen LogP contribution in [0, 0.1) is 5.82 Å². The molecule has 0 aliphatic carbocycles. The van der Waals surface area contributed by atoms with Gasteiger partial charge < -0.3 is 14.6 Å². The molecule has 1 N–H and O–H groups in total. The molecule has 5 nitrogen and oxygen atoms in total. The number of aromatic hydroxyl groups is 1. The second kappa shape index (κ2) is 7.23. The zero-order chi connectivity index (χ0) is 18.7. The maximum Gasteiger partial charge on any atom is 0.342 e. The van der Waals surface area contributed by atoms with Gasteiger partial charge in [0.05, 0.1) is 7.11 Å². The molecule has 132 valence electrons. The summed E-state index contributed by atoms with van der Waals surface area (Å²) in [4.78, 5) is 24.3.